The number of alkyl halides is 2. The number of nitrogens with one attached hydrogen (secondary N) is 1. The smallest absolute Gasteiger partial charge is 0.387 e. The lowest BCUT2D eigenvalue weighted by Gasteiger charge is -2.10. The minimum Gasteiger partial charge on any atom is -0.497 e. The number of halogens is 2. The van der Waals surface area contributed by atoms with E-state index in [1.165, 1.54) is 31.5 Å². The van der Waals surface area contributed by atoms with Crippen LogP contribution in [0.2, 0.25) is 0 Å². The first-order valence-corrected chi connectivity index (χ1v) is 7.73. The van der Waals surface area contributed by atoms with E-state index in [2.05, 4.69) is 15.3 Å². The molecular formula is C18H18F2N2O5. The highest BCUT2D eigenvalue weighted by Crippen LogP contribution is 2.28. The van der Waals surface area contributed by atoms with E-state index in [1.807, 2.05) is 0 Å². The van der Waals surface area contributed by atoms with Crippen LogP contribution in [0.3, 0.4) is 0 Å². The second-order valence-corrected chi connectivity index (χ2v) is 5.05. The van der Waals surface area contributed by atoms with E-state index in [9.17, 15) is 13.6 Å². The topological polar surface area (TPSA) is 78.4 Å². The molecule has 2 aromatic rings. The Morgan fingerprint density at radius 2 is 1.78 bits per heavy atom. The van der Waals surface area contributed by atoms with E-state index < -0.39 is 12.5 Å². The minimum atomic E-state index is -2.96. The molecule has 0 atom stereocenters. The first-order chi connectivity index (χ1) is 13.0. The van der Waals surface area contributed by atoms with Gasteiger partial charge in [0, 0.05) is 0 Å². The number of carbonyl (C=O) groups excluding carboxylic acids is 1. The van der Waals surface area contributed by atoms with Gasteiger partial charge in [0.05, 0.1) is 20.4 Å². The highest BCUT2D eigenvalue weighted by atomic mass is 19.3. The standard InChI is InChI=1S/C18H18F2N2O5/c1-24-13-4-6-14(7-5-13)26-11-17(23)22-21-10-12-3-8-15(27-18(19)20)16(9-12)25-2/h3-10,18H,11H2,1-2H3,(H,22,23). The molecular weight excluding hydrogens is 362 g/mol. The van der Waals surface area contributed by atoms with Gasteiger partial charge in [0.25, 0.3) is 5.91 Å². The molecule has 0 spiro atoms. The first-order valence-electron chi connectivity index (χ1n) is 7.73. The molecule has 0 unspecified atom stereocenters. The molecule has 0 aliphatic rings. The Kier molecular flexibility index (Phi) is 7.36. The van der Waals surface area contributed by atoms with Gasteiger partial charge in [-0.05, 0) is 48.0 Å². The van der Waals surface area contributed by atoms with Gasteiger partial charge in [-0.15, -0.1) is 0 Å². The van der Waals surface area contributed by atoms with E-state index in [4.69, 9.17) is 14.2 Å². The molecule has 0 saturated carbocycles. The summed E-state index contributed by atoms with van der Waals surface area (Å²) in [6.07, 6.45) is 1.33. The number of carbonyl (C=O) groups is 1. The van der Waals surface area contributed by atoms with Crippen molar-refractivity contribution in [1.82, 2.24) is 5.43 Å². The van der Waals surface area contributed by atoms with E-state index in [-0.39, 0.29) is 18.1 Å². The van der Waals surface area contributed by atoms with E-state index in [1.54, 1.807) is 31.4 Å². The number of hydrogen-bond acceptors (Lipinski definition) is 6. The summed E-state index contributed by atoms with van der Waals surface area (Å²) in [5.41, 5.74) is 2.82. The minimum absolute atomic E-state index is 0.0958. The third-order valence-electron chi connectivity index (χ3n) is 3.24. The number of amides is 1. The fraction of sp³-hybridized carbons (Fsp3) is 0.222. The van der Waals surface area contributed by atoms with E-state index >= 15 is 0 Å². The van der Waals surface area contributed by atoms with Crippen LogP contribution in [0.5, 0.6) is 23.0 Å². The van der Waals surface area contributed by atoms with Gasteiger partial charge in [-0.25, -0.2) is 5.43 Å². The van der Waals surface area contributed by atoms with Crippen molar-refractivity contribution in [1.29, 1.82) is 0 Å². The van der Waals surface area contributed by atoms with Gasteiger partial charge in [0.1, 0.15) is 11.5 Å². The molecule has 1 amide bonds. The number of benzene rings is 2. The van der Waals surface area contributed by atoms with Crippen LogP contribution in [0.1, 0.15) is 5.56 Å². The van der Waals surface area contributed by atoms with Gasteiger partial charge in [-0.1, -0.05) is 0 Å². The maximum absolute atomic E-state index is 12.3. The third-order valence-corrected chi connectivity index (χ3v) is 3.24. The fourth-order valence-electron chi connectivity index (χ4n) is 1.99. The molecule has 0 heterocycles. The Labute approximate surface area is 154 Å². The molecule has 1 N–H and O–H groups in total. The summed E-state index contributed by atoms with van der Waals surface area (Å²) >= 11 is 0. The number of rotatable bonds is 9. The molecule has 9 heteroatoms. The van der Waals surface area contributed by atoms with Crippen molar-refractivity contribution in [3.63, 3.8) is 0 Å². The highest BCUT2D eigenvalue weighted by molar-refractivity contribution is 5.83. The molecule has 0 bridgehead atoms. The predicted molar refractivity (Wildman–Crippen MR) is 93.9 cm³/mol. The SMILES string of the molecule is COc1ccc(OCC(=O)NN=Cc2ccc(OC(F)F)c(OC)c2)cc1. The van der Waals surface area contributed by atoms with Gasteiger partial charge in [-0.3, -0.25) is 4.79 Å². The Balaban J connectivity index is 1.85. The van der Waals surface area contributed by atoms with Gasteiger partial charge in [0.2, 0.25) is 0 Å². The van der Waals surface area contributed by atoms with Gasteiger partial charge in [-0.2, -0.15) is 13.9 Å². The molecule has 27 heavy (non-hydrogen) atoms. The monoisotopic (exact) mass is 380 g/mol. The Bertz CT molecular complexity index is 782. The molecule has 2 aromatic carbocycles. The van der Waals surface area contributed by atoms with Crippen molar-refractivity contribution in [3.05, 3.63) is 48.0 Å². The quantitative estimate of drug-likeness (QED) is 0.535. The lowest BCUT2D eigenvalue weighted by atomic mass is 10.2. The first kappa shape index (κ1) is 20.0. The highest BCUT2D eigenvalue weighted by Gasteiger charge is 2.10. The third kappa shape index (κ3) is 6.46. The molecule has 144 valence electrons. The summed E-state index contributed by atoms with van der Waals surface area (Å²) in [6.45, 7) is -3.18. The Morgan fingerprint density at radius 1 is 1.07 bits per heavy atom. The summed E-state index contributed by atoms with van der Waals surface area (Å²) in [6, 6.07) is 11.0. The number of hydrazone groups is 1. The van der Waals surface area contributed by atoms with Crippen LogP contribution < -0.4 is 24.4 Å². The summed E-state index contributed by atoms with van der Waals surface area (Å²) in [4.78, 5) is 11.7. The van der Waals surface area contributed by atoms with Crippen LogP contribution in [0.4, 0.5) is 8.78 Å². The summed E-state index contributed by atoms with van der Waals surface area (Å²) < 4.78 is 44.2. The second-order valence-electron chi connectivity index (χ2n) is 5.05. The molecule has 0 saturated heterocycles. The average molecular weight is 380 g/mol. The molecule has 0 fully saturated rings. The van der Waals surface area contributed by atoms with Gasteiger partial charge >= 0.3 is 6.61 Å². The van der Waals surface area contributed by atoms with Crippen molar-refractivity contribution >= 4 is 12.1 Å². The molecule has 2 rings (SSSR count). The number of ether oxygens (including phenoxy) is 4. The number of nitrogens with zero attached hydrogens (tertiary/aromatic N) is 1. The van der Waals surface area contributed by atoms with Crippen molar-refractivity contribution in [3.8, 4) is 23.0 Å². The zero-order valence-electron chi connectivity index (χ0n) is 14.6. The summed E-state index contributed by atoms with van der Waals surface area (Å²) in [5, 5.41) is 3.78. The molecule has 7 nitrogen and oxygen atoms in total. The Hall–Kier alpha value is -3.36. The van der Waals surface area contributed by atoms with E-state index in [0.717, 1.165) is 0 Å². The number of methoxy groups -OCH3 is 2. The van der Waals surface area contributed by atoms with Crippen LogP contribution in [0.15, 0.2) is 47.6 Å². The molecule has 0 aliphatic carbocycles. The maximum atomic E-state index is 12.3. The lowest BCUT2D eigenvalue weighted by molar-refractivity contribution is -0.123. The van der Waals surface area contributed by atoms with Gasteiger partial charge in [0.15, 0.2) is 18.1 Å². The normalized spacial score (nSPS) is 10.7. The van der Waals surface area contributed by atoms with E-state index in [0.29, 0.717) is 17.1 Å². The fourth-order valence-corrected chi connectivity index (χ4v) is 1.99. The van der Waals surface area contributed by atoms with Crippen molar-refractivity contribution in [2.45, 2.75) is 6.61 Å². The van der Waals surface area contributed by atoms with Crippen molar-refractivity contribution in [2.24, 2.45) is 5.10 Å². The van der Waals surface area contributed by atoms with Crippen LogP contribution in [-0.2, 0) is 4.79 Å². The second kappa shape index (κ2) is 9.95. The lowest BCUT2D eigenvalue weighted by Crippen LogP contribution is -2.24. The van der Waals surface area contributed by atoms with Crippen LogP contribution in [0.25, 0.3) is 0 Å². The average Bonchev–Trinajstić information content (AvgIpc) is 2.67. The van der Waals surface area contributed by atoms with Crippen LogP contribution in [0, 0.1) is 0 Å². The maximum Gasteiger partial charge on any atom is 0.387 e. The Morgan fingerprint density at radius 3 is 2.41 bits per heavy atom. The molecule has 0 radical (unpaired) electrons. The zero-order chi connectivity index (χ0) is 19.6. The predicted octanol–water partition coefficient (Wildman–Crippen LogP) is 2.83. The van der Waals surface area contributed by atoms with Crippen LogP contribution in [-0.4, -0.2) is 39.6 Å². The van der Waals surface area contributed by atoms with Gasteiger partial charge < -0.3 is 18.9 Å². The molecule has 0 aliphatic heterocycles. The van der Waals surface area contributed by atoms with Crippen molar-refractivity contribution in [2.75, 3.05) is 20.8 Å². The van der Waals surface area contributed by atoms with Crippen LogP contribution >= 0.6 is 0 Å². The largest absolute Gasteiger partial charge is 0.497 e. The number of hydrogen-bond donors (Lipinski definition) is 1. The molecule has 0 aromatic heterocycles. The van der Waals surface area contributed by atoms with Crippen molar-refractivity contribution < 1.29 is 32.5 Å². The zero-order valence-corrected chi connectivity index (χ0v) is 14.6. The summed E-state index contributed by atoms with van der Waals surface area (Å²) in [7, 11) is 2.88. The summed E-state index contributed by atoms with van der Waals surface area (Å²) in [5.74, 6) is 0.743.